The molecule has 0 aliphatic carbocycles. The SMILES string of the molecule is CN=CC=CC=C(C)NS(=O)[O-]. The van der Waals surface area contributed by atoms with Crippen molar-refractivity contribution in [1.82, 2.24) is 4.72 Å². The Morgan fingerprint density at radius 2 is 2.25 bits per heavy atom. The van der Waals surface area contributed by atoms with Gasteiger partial charge in [-0.25, -0.2) is 0 Å². The van der Waals surface area contributed by atoms with Crippen molar-refractivity contribution in [2.75, 3.05) is 7.05 Å². The molecule has 0 amide bonds. The Kier molecular flexibility index (Phi) is 6.22. The van der Waals surface area contributed by atoms with Gasteiger partial charge in [-0.2, -0.15) is 0 Å². The Bertz CT molecular complexity index is 234. The van der Waals surface area contributed by atoms with Crippen LogP contribution in [-0.4, -0.2) is 22.0 Å². The van der Waals surface area contributed by atoms with Gasteiger partial charge in [-0.3, -0.25) is 9.20 Å². The minimum absolute atomic E-state index is 0.559. The van der Waals surface area contributed by atoms with Crippen molar-refractivity contribution in [2.45, 2.75) is 6.92 Å². The molecule has 1 N–H and O–H groups in total. The van der Waals surface area contributed by atoms with E-state index in [0.717, 1.165) is 0 Å². The second kappa shape index (κ2) is 6.75. The molecule has 0 aromatic rings. The van der Waals surface area contributed by atoms with Gasteiger partial charge in [0.25, 0.3) is 0 Å². The van der Waals surface area contributed by atoms with Gasteiger partial charge in [0.15, 0.2) is 0 Å². The van der Waals surface area contributed by atoms with Crippen molar-refractivity contribution >= 4 is 17.5 Å². The van der Waals surface area contributed by atoms with E-state index in [4.69, 9.17) is 0 Å². The molecule has 0 bridgehead atoms. The Morgan fingerprint density at radius 3 is 2.75 bits per heavy atom. The molecule has 0 aromatic carbocycles. The van der Waals surface area contributed by atoms with Crippen molar-refractivity contribution in [3.05, 3.63) is 23.9 Å². The molecule has 0 saturated heterocycles. The molecular formula is C7H11N2O2S-. The fraction of sp³-hybridized carbons (Fsp3) is 0.286. The number of aliphatic imine (C=N–C) groups is 1. The van der Waals surface area contributed by atoms with E-state index >= 15 is 0 Å². The summed E-state index contributed by atoms with van der Waals surface area (Å²) in [4.78, 5) is 3.71. The van der Waals surface area contributed by atoms with Crippen LogP contribution in [-0.2, 0) is 11.3 Å². The van der Waals surface area contributed by atoms with Gasteiger partial charge in [0, 0.05) is 30.2 Å². The highest BCUT2D eigenvalue weighted by molar-refractivity contribution is 7.77. The molecule has 0 fully saturated rings. The summed E-state index contributed by atoms with van der Waals surface area (Å²) in [5, 5.41) is 0. The van der Waals surface area contributed by atoms with E-state index in [1.54, 1.807) is 38.4 Å². The standard InChI is InChI=1S/C7H12N2O2S/c1-7(9-12(10)11)5-3-4-6-8-2/h3-6,9H,1-2H3,(H,10,11)/p-1. The Balaban J connectivity index is 3.91. The third-order valence-corrected chi connectivity index (χ3v) is 1.43. The first-order valence-electron chi connectivity index (χ1n) is 3.28. The zero-order chi connectivity index (χ0) is 9.40. The fourth-order valence-electron chi connectivity index (χ4n) is 0.501. The van der Waals surface area contributed by atoms with Gasteiger partial charge in [-0.15, -0.1) is 0 Å². The molecule has 0 spiro atoms. The molecular weight excluding hydrogens is 176 g/mol. The number of rotatable bonds is 4. The number of hydrogen-bond acceptors (Lipinski definition) is 3. The maximum absolute atomic E-state index is 10.1. The van der Waals surface area contributed by atoms with Crippen LogP contribution < -0.4 is 4.72 Å². The van der Waals surface area contributed by atoms with Crippen LogP contribution in [0.1, 0.15) is 6.92 Å². The Hall–Kier alpha value is -0.940. The summed E-state index contributed by atoms with van der Waals surface area (Å²) in [7, 11) is 1.66. The number of allylic oxidation sites excluding steroid dienone is 4. The molecule has 1 atom stereocenters. The van der Waals surface area contributed by atoms with E-state index in [9.17, 15) is 8.76 Å². The van der Waals surface area contributed by atoms with Gasteiger partial charge >= 0.3 is 0 Å². The maximum atomic E-state index is 10.1. The lowest BCUT2D eigenvalue weighted by atomic mass is 10.4. The van der Waals surface area contributed by atoms with Crippen LogP contribution in [0.15, 0.2) is 28.9 Å². The van der Waals surface area contributed by atoms with Gasteiger partial charge in [-0.05, 0) is 19.1 Å². The summed E-state index contributed by atoms with van der Waals surface area (Å²) in [6, 6.07) is 0. The van der Waals surface area contributed by atoms with E-state index in [-0.39, 0.29) is 0 Å². The molecule has 1 unspecified atom stereocenters. The van der Waals surface area contributed by atoms with Gasteiger partial charge in [-0.1, -0.05) is 6.08 Å². The molecule has 5 heteroatoms. The molecule has 0 aromatic heterocycles. The van der Waals surface area contributed by atoms with Crippen LogP contribution in [0.25, 0.3) is 0 Å². The van der Waals surface area contributed by atoms with Gasteiger partial charge in [0.1, 0.15) is 0 Å². The highest BCUT2D eigenvalue weighted by Gasteiger charge is 1.81. The average Bonchev–Trinajstić information content (AvgIpc) is 1.97. The van der Waals surface area contributed by atoms with Crippen molar-refractivity contribution in [3.63, 3.8) is 0 Å². The van der Waals surface area contributed by atoms with Gasteiger partial charge in [0.2, 0.25) is 0 Å². The van der Waals surface area contributed by atoms with Crippen LogP contribution in [0.5, 0.6) is 0 Å². The van der Waals surface area contributed by atoms with E-state index in [1.165, 1.54) is 0 Å². The third kappa shape index (κ3) is 7.17. The van der Waals surface area contributed by atoms with Crippen molar-refractivity contribution < 1.29 is 8.76 Å². The molecule has 0 aliphatic heterocycles. The van der Waals surface area contributed by atoms with Crippen LogP contribution in [0, 0.1) is 0 Å². The highest BCUT2D eigenvalue weighted by Crippen LogP contribution is 1.87. The summed E-state index contributed by atoms with van der Waals surface area (Å²) < 4.78 is 22.4. The third-order valence-electron chi connectivity index (χ3n) is 0.937. The van der Waals surface area contributed by atoms with Crippen molar-refractivity contribution in [2.24, 2.45) is 4.99 Å². The molecule has 0 aliphatic rings. The predicted octanol–water partition coefficient (Wildman–Crippen LogP) is 0.531. The molecule has 12 heavy (non-hydrogen) atoms. The second-order valence-electron chi connectivity index (χ2n) is 1.98. The monoisotopic (exact) mass is 187 g/mol. The Morgan fingerprint density at radius 1 is 1.58 bits per heavy atom. The van der Waals surface area contributed by atoms with Crippen LogP contribution >= 0.6 is 0 Å². The first-order valence-corrected chi connectivity index (χ1v) is 4.36. The minimum Gasteiger partial charge on any atom is -0.755 e. The maximum Gasteiger partial charge on any atom is 0.0445 e. The molecule has 0 rings (SSSR count). The van der Waals surface area contributed by atoms with Crippen molar-refractivity contribution in [1.29, 1.82) is 0 Å². The van der Waals surface area contributed by atoms with Crippen LogP contribution in [0.3, 0.4) is 0 Å². The second-order valence-corrected chi connectivity index (χ2v) is 2.65. The normalized spacial score (nSPS) is 15.8. The number of nitrogens with zero attached hydrogens (tertiary/aromatic N) is 1. The van der Waals surface area contributed by atoms with Crippen LogP contribution in [0.2, 0.25) is 0 Å². The quantitative estimate of drug-likeness (QED) is 0.396. The summed E-state index contributed by atoms with van der Waals surface area (Å²) in [6.07, 6.45) is 6.65. The van der Waals surface area contributed by atoms with E-state index in [2.05, 4.69) is 9.71 Å². The fourth-order valence-corrected chi connectivity index (χ4v) is 0.832. The summed E-state index contributed by atoms with van der Waals surface area (Å²) in [5.74, 6) is 0. The molecule has 0 radical (unpaired) electrons. The summed E-state index contributed by atoms with van der Waals surface area (Å²) in [5.41, 5.74) is 0.559. The lowest BCUT2D eigenvalue weighted by Gasteiger charge is -2.06. The molecule has 0 saturated carbocycles. The zero-order valence-corrected chi connectivity index (χ0v) is 7.80. The lowest BCUT2D eigenvalue weighted by molar-refractivity contribution is 0.529. The average molecular weight is 187 g/mol. The summed E-state index contributed by atoms with van der Waals surface area (Å²) >= 11 is -2.24. The molecule has 4 nitrogen and oxygen atoms in total. The van der Waals surface area contributed by atoms with Crippen molar-refractivity contribution in [3.8, 4) is 0 Å². The first-order chi connectivity index (χ1) is 5.66. The van der Waals surface area contributed by atoms with E-state index in [1.807, 2.05) is 0 Å². The van der Waals surface area contributed by atoms with E-state index in [0.29, 0.717) is 5.70 Å². The number of hydrogen-bond donors (Lipinski definition) is 1. The van der Waals surface area contributed by atoms with E-state index < -0.39 is 11.3 Å². The molecule has 0 heterocycles. The minimum atomic E-state index is -2.24. The molecule has 68 valence electrons. The van der Waals surface area contributed by atoms with Crippen LogP contribution in [0.4, 0.5) is 0 Å². The topological polar surface area (TPSA) is 64.5 Å². The first kappa shape index (κ1) is 11.1. The predicted molar refractivity (Wildman–Crippen MR) is 49.4 cm³/mol. The lowest BCUT2D eigenvalue weighted by Crippen LogP contribution is -2.13. The summed E-state index contributed by atoms with van der Waals surface area (Å²) in [6.45, 7) is 1.66. The largest absolute Gasteiger partial charge is 0.755 e. The Labute approximate surface area is 74.5 Å². The van der Waals surface area contributed by atoms with Gasteiger partial charge in [0.05, 0.1) is 0 Å². The number of nitrogens with one attached hydrogen (secondary N) is 1. The zero-order valence-electron chi connectivity index (χ0n) is 6.98. The smallest absolute Gasteiger partial charge is 0.0445 e. The van der Waals surface area contributed by atoms with Gasteiger partial charge < -0.3 is 9.27 Å². The highest BCUT2D eigenvalue weighted by atomic mass is 32.2.